The highest BCUT2D eigenvalue weighted by atomic mass is 16.5. The number of ether oxygens (including phenoxy) is 1. The number of amides is 1. The number of nitrogens with zero attached hydrogens (tertiary/aromatic N) is 3. The van der Waals surface area contributed by atoms with E-state index in [9.17, 15) is 4.79 Å². The smallest absolute Gasteiger partial charge is 0.258 e. The maximum absolute atomic E-state index is 13.6. The number of methoxy groups -OCH3 is 1. The SMILES string of the molecule is COc1ccccc1-c1nn(-c2ccccc2)cc1[C@H]1Nc2ccccc2C(=O)N1C1CC1. The standard InChI is InChI=1S/C27H24N4O2/c1-33-24-14-8-6-12-21(24)25-22(17-30(29-25)18-9-3-2-4-10-18)26-28-23-13-7-5-11-20(23)27(32)31(26)19-15-16-19/h2-14,17,19,26,28H,15-16H2,1H3/t26-/m0/s1. The van der Waals surface area contributed by atoms with Crippen LogP contribution < -0.4 is 10.1 Å². The van der Waals surface area contributed by atoms with Crippen LogP contribution in [0.4, 0.5) is 5.69 Å². The zero-order valence-corrected chi connectivity index (χ0v) is 18.3. The van der Waals surface area contributed by atoms with E-state index >= 15 is 0 Å². The molecule has 1 amide bonds. The second-order valence-electron chi connectivity index (χ2n) is 8.45. The van der Waals surface area contributed by atoms with Gasteiger partial charge in [-0.2, -0.15) is 5.10 Å². The monoisotopic (exact) mass is 436 g/mol. The fourth-order valence-corrected chi connectivity index (χ4v) is 4.58. The van der Waals surface area contributed by atoms with Crippen LogP contribution in [0.5, 0.6) is 5.75 Å². The lowest BCUT2D eigenvalue weighted by Crippen LogP contribution is -2.44. The Kier molecular flexibility index (Phi) is 4.64. The van der Waals surface area contributed by atoms with Crippen LogP contribution in [0.1, 0.15) is 34.9 Å². The van der Waals surface area contributed by atoms with Crippen LogP contribution in [-0.2, 0) is 0 Å². The number of para-hydroxylation sites is 3. The van der Waals surface area contributed by atoms with E-state index in [4.69, 9.17) is 9.84 Å². The largest absolute Gasteiger partial charge is 0.496 e. The van der Waals surface area contributed by atoms with Gasteiger partial charge in [0.25, 0.3) is 5.91 Å². The Balaban J connectivity index is 1.55. The average molecular weight is 437 g/mol. The first-order valence-corrected chi connectivity index (χ1v) is 11.2. The predicted molar refractivity (Wildman–Crippen MR) is 128 cm³/mol. The number of nitrogens with one attached hydrogen (secondary N) is 1. The third-order valence-corrected chi connectivity index (χ3v) is 6.32. The molecule has 6 rings (SSSR count). The molecule has 6 nitrogen and oxygen atoms in total. The molecule has 164 valence electrons. The number of hydrogen-bond acceptors (Lipinski definition) is 4. The minimum Gasteiger partial charge on any atom is -0.496 e. The first-order valence-electron chi connectivity index (χ1n) is 11.2. The van der Waals surface area contributed by atoms with Crippen LogP contribution in [0.25, 0.3) is 16.9 Å². The first kappa shape index (κ1) is 19.6. The van der Waals surface area contributed by atoms with Crippen molar-refractivity contribution >= 4 is 11.6 Å². The minimum atomic E-state index is -0.322. The fraction of sp³-hybridized carbons (Fsp3) is 0.185. The predicted octanol–water partition coefficient (Wildman–Crippen LogP) is 5.28. The van der Waals surface area contributed by atoms with E-state index in [0.29, 0.717) is 0 Å². The first-order chi connectivity index (χ1) is 16.2. The quantitative estimate of drug-likeness (QED) is 0.463. The van der Waals surface area contributed by atoms with Gasteiger partial charge in [-0.05, 0) is 49.2 Å². The Morgan fingerprint density at radius 3 is 2.36 bits per heavy atom. The van der Waals surface area contributed by atoms with Gasteiger partial charge in [0, 0.05) is 29.1 Å². The molecule has 0 unspecified atom stereocenters. The Hall–Kier alpha value is -4.06. The molecule has 1 N–H and O–H groups in total. The number of anilines is 1. The van der Waals surface area contributed by atoms with Gasteiger partial charge >= 0.3 is 0 Å². The summed E-state index contributed by atoms with van der Waals surface area (Å²) in [5, 5.41) is 8.63. The summed E-state index contributed by atoms with van der Waals surface area (Å²) in [5.74, 6) is 0.813. The van der Waals surface area contributed by atoms with E-state index < -0.39 is 0 Å². The Bertz CT molecular complexity index is 1330. The molecule has 1 fully saturated rings. The van der Waals surface area contributed by atoms with Crippen molar-refractivity contribution in [3.05, 3.63) is 96.2 Å². The molecule has 2 aliphatic rings. The molecule has 1 atom stereocenters. The molecule has 1 saturated carbocycles. The molecule has 0 spiro atoms. The topological polar surface area (TPSA) is 59.4 Å². The molecule has 0 bridgehead atoms. The fourth-order valence-electron chi connectivity index (χ4n) is 4.58. The third kappa shape index (κ3) is 3.35. The van der Waals surface area contributed by atoms with Crippen molar-refractivity contribution in [3.8, 4) is 22.7 Å². The number of hydrogen-bond donors (Lipinski definition) is 1. The third-order valence-electron chi connectivity index (χ3n) is 6.32. The molecule has 33 heavy (non-hydrogen) atoms. The highest BCUT2D eigenvalue weighted by Gasteiger charge is 2.43. The van der Waals surface area contributed by atoms with Gasteiger partial charge in [-0.15, -0.1) is 0 Å². The number of rotatable bonds is 5. The maximum Gasteiger partial charge on any atom is 0.258 e. The molecule has 6 heteroatoms. The van der Waals surface area contributed by atoms with E-state index in [1.54, 1.807) is 7.11 Å². The number of fused-ring (bicyclic) bond motifs is 1. The molecule has 1 aliphatic heterocycles. The van der Waals surface area contributed by atoms with Gasteiger partial charge in [-0.1, -0.05) is 42.5 Å². The zero-order chi connectivity index (χ0) is 22.4. The summed E-state index contributed by atoms with van der Waals surface area (Å²) >= 11 is 0. The molecular weight excluding hydrogens is 412 g/mol. The van der Waals surface area contributed by atoms with Gasteiger partial charge in [0.1, 0.15) is 17.6 Å². The van der Waals surface area contributed by atoms with E-state index in [2.05, 4.69) is 5.32 Å². The summed E-state index contributed by atoms with van der Waals surface area (Å²) in [5.41, 5.74) is 5.16. The van der Waals surface area contributed by atoms with Crippen LogP contribution in [0, 0.1) is 0 Å². The van der Waals surface area contributed by atoms with Crippen molar-refractivity contribution in [2.75, 3.05) is 12.4 Å². The summed E-state index contributed by atoms with van der Waals surface area (Å²) in [6, 6.07) is 25.9. The molecule has 1 aromatic heterocycles. The number of carbonyl (C=O) groups excluding carboxylic acids is 1. The molecular formula is C27H24N4O2. The Morgan fingerprint density at radius 1 is 0.909 bits per heavy atom. The lowest BCUT2D eigenvalue weighted by atomic mass is 10.0. The van der Waals surface area contributed by atoms with E-state index in [0.717, 1.165) is 52.4 Å². The highest BCUT2D eigenvalue weighted by molar-refractivity contribution is 6.02. The van der Waals surface area contributed by atoms with Crippen LogP contribution in [0.3, 0.4) is 0 Å². The molecule has 0 radical (unpaired) electrons. The van der Waals surface area contributed by atoms with Gasteiger partial charge in [0.15, 0.2) is 0 Å². The second kappa shape index (κ2) is 7.81. The molecule has 1 aliphatic carbocycles. The molecule has 0 saturated heterocycles. The van der Waals surface area contributed by atoms with Gasteiger partial charge < -0.3 is 15.0 Å². The summed E-state index contributed by atoms with van der Waals surface area (Å²) in [6.07, 6.45) is 3.74. The summed E-state index contributed by atoms with van der Waals surface area (Å²) in [6.45, 7) is 0. The minimum absolute atomic E-state index is 0.0651. The number of carbonyl (C=O) groups is 1. The maximum atomic E-state index is 13.6. The lowest BCUT2D eigenvalue weighted by molar-refractivity contribution is 0.0667. The summed E-state index contributed by atoms with van der Waals surface area (Å²) in [7, 11) is 1.67. The van der Waals surface area contributed by atoms with Crippen LogP contribution in [0.15, 0.2) is 85.1 Å². The Morgan fingerprint density at radius 2 is 1.61 bits per heavy atom. The van der Waals surface area contributed by atoms with Crippen molar-refractivity contribution in [1.29, 1.82) is 0 Å². The molecule has 3 aromatic carbocycles. The van der Waals surface area contributed by atoms with Crippen LogP contribution in [-0.4, -0.2) is 33.7 Å². The Labute approximate surface area is 192 Å². The van der Waals surface area contributed by atoms with Crippen molar-refractivity contribution in [2.24, 2.45) is 0 Å². The lowest BCUT2D eigenvalue weighted by Gasteiger charge is -2.38. The van der Waals surface area contributed by atoms with Gasteiger partial charge in [0.05, 0.1) is 18.4 Å². The van der Waals surface area contributed by atoms with Crippen LogP contribution >= 0.6 is 0 Å². The van der Waals surface area contributed by atoms with Crippen molar-refractivity contribution < 1.29 is 9.53 Å². The van der Waals surface area contributed by atoms with Crippen molar-refractivity contribution in [3.63, 3.8) is 0 Å². The second-order valence-corrected chi connectivity index (χ2v) is 8.45. The van der Waals surface area contributed by atoms with Crippen molar-refractivity contribution in [1.82, 2.24) is 14.7 Å². The number of aromatic nitrogens is 2. The van der Waals surface area contributed by atoms with Gasteiger partial charge in [-0.25, -0.2) is 4.68 Å². The highest BCUT2D eigenvalue weighted by Crippen LogP contribution is 2.44. The zero-order valence-electron chi connectivity index (χ0n) is 18.3. The van der Waals surface area contributed by atoms with Gasteiger partial charge in [-0.3, -0.25) is 4.79 Å². The summed E-state index contributed by atoms with van der Waals surface area (Å²) in [4.78, 5) is 15.6. The van der Waals surface area contributed by atoms with Crippen molar-refractivity contribution in [2.45, 2.75) is 25.0 Å². The molecule has 4 aromatic rings. The normalized spacial score (nSPS) is 17.4. The summed E-state index contributed by atoms with van der Waals surface area (Å²) < 4.78 is 7.55. The van der Waals surface area contributed by atoms with E-state index in [1.165, 1.54) is 0 Å². The van der Waals surface area contributed by atoms with E-state index in [1.807, 2.05) is 94.6 Å². The average Bonchev–Trinajstić information content (AvgIpc) is 3.61. The number of benzene rings is 3. The van der Waals surface area contributed by atoms with E-state index in [-0.39, 0.29) is 18.1 Å². The molecule has 2 heterocycles. The van der Waals surface area contributed by atoms with Gasteiger partial charge in [0.2, 0.25) is 0 Å². The van der Waals surface area contributed by atoms with Crippen LogP contribution in [0.2, 0.25) is 0 Å².